The fourth-order valence-electron chi connectivity index (χ4n) is 5.77. The van der Waals surface area contributed by atoms with Gasteiger partial charge in [0.05, 0.1) is 16.7 Å². The van der Waals surface area contributed by atoms with Crippen LogP contribution in [-0.2, 0) is 14.0 Å². The molecule has 2 unspecified atom stereocenters. The number of hydrogen-bond acceptors (Lipinski definition) is 9. The molecule has 3 fully saturated rings. The Bertz CT molecular complexity index is 1310. The van der Waals surface area contributed by atoms with Gasteiger partial charge in [-0.15, -0.1) is 0 Å². The van der Waals surface area contributed by atoms with Crippen LogP contribution in [0.1, 0.15) is 67.7 Å². The zero-order valence-corrected chi connectivity index (χ0v) is 27.2. The van der Waals surface area contributed by atoms with E-state index in [2.05, 4.69) is 23.9 Å². The van der Waals surface area contributed by atoms with Crippen molar-refractivity contribution < 1.29 is 23.6 Å². The number of anilines is 1. The van der Waals surface area contributed by atoms with Crippen LogP contribution >= 0.6 is 11.6 Å². The van der Waals surface area contributed by atoms with Gasteiger partial charge in [-0.2, -0.15) is 9.97 Å². The van der Waals surface area contributed by atoms with Gasteiger partial charge in [0, 0.05) is 48.1 Å². The van der Waals surface area contributed by atoms with Crippen LogP contribution in [0.4, 0.5) is 10.6 Å². The zero-order valence-electron chi connectivity index (χ0n) is 26.5. The van der Waals surface area contributed by atoms with Crippen LogP contribution in [0, 0.1) is 0 Å². The molecule has 0 bridgehead atoms. The number of piperazine rings is 1. The van der Waals surface area contributed by atoms with Gasteiger partial charge in [0.2, 0.25) is 0 Å². The molecule has 1 aliphatic carbocycles. The molecule has 3 heterocycles. The Kier molecular flexibility index (Phi) is 8.37. The minimum atomic E-state index is -0.625. The summed E-state index contributed by atoms with van der Waals surface area (Å²) in [4.78, 5) is 28.6. The van der Waals surface area contributed by atoms with Crippen molar-refractivity contribution in [2.24, 2.45) is 0 Å². The predicted octanol–water partition coefficient (Wildman–Crippen LogP) is 4.50. The second kappa shape index (κ2) is 11.3. The lowest BCUT2D eigenvalue weighted by Crippen LogP contribution is -2.50. The lowest BCUT2D eigenvalue weighted by molar-refractivity contribution is 0.00578. The number of fused-ring (bicyclic) bond motifs is 1. The number of rotatable bonds is 5. The molecule has 2 aliphatic heterocycles. The first-order valence-electron chi connectivity index (χ1n) is 15.0. The fourth-order valence-corrected chi connectivity index (χ4v) is 6.02. The fraction of sp³-hybridized carbons (Fsp3) is 0.700. The standard InChI is InChI=1S/C30H45BClN5O5/c1-28(2,3)40-27(38)37-15-13-36(14-16-37)25-19-17-21(32)20(31-41-29(4,5)30(6,7)42-31)18-22(19)33-26(34-25)39-24-12-10-11-23(24)35(8)9/h17-18,23-24H,10-16H2,1-9H3. The molecule has 1 aromatic heterocycles. The number of amides is 1. The van der Waals surface area contributed by atoms with Crippen molar-refractivity contribution in [2.45, 2.75) is 96.7 Å². The minimum Gasteiger partial charge on any atom is -0.458 e. The molecule has 1 saturated carbocycles. The second-order valence-corrected chi connectivity index (χ2v) is 14.3. The van der Waals surface area contributed by atoms with Crippen LogP contribution in [0.15, 0.2) is 12.1 Å². The van der Waals surface area contributed by atoms with Gasteiger partial charge in [-0.25, -0.2) is 4.79 Å². The van der Waals surface area contributed by atoms with E-state index in [0.717, 1.165) is 35.9 Å². The molecule has 1 aromatic carbocycles. The molecule has 3 aliphatic rings. The highest BCUT2D eigenvalue weighted by molar-refractivity contribution is 6.66. The maximum absolute atomic E-state index is 12.7. The third-order valence-corrected chi connectivity index (χ3v) is 9.18. The largest absolute Gasteiger partial charge is 0.496 e. The highest BCUT2D eigenvalue weighted by Gasteiger charge is 2.52. The Morgan fingerprint density at radius 1 is 1.05 bits per heavy atom. The number of halogens is 1. The van der Waals surface area contributed by atoms with Crippen molar-refractivity contribution in [1.29, 1.82) is 0 Å². The Hall–Kier alpha value is -2.34. The molecule has 5 rings (SSSR count). The van der Waals surface area contributed by atoms with Crippen molar-refractivity contribution in [3.8, 4) is 6.01 Å². The molecule has 230 valence electrons. The van der Waals surface area contributed by atoms with Crippen LogP contribution in [0.25, 0.3) is 10.9 Å². The van der Waals surface area contributed by atoms with Crippen molar-refractivity contribution in [3.05, 3.63) is 17.2 Å². The summed E-state index contributed by atoms with van der Waals surface area (Å²) < 4.78 is 24.7. The van der Waals surface area contributed by atoms with Crippen LogP contribution in [0.5, 0.6) is 6.01 Å². The van der Waals surface area contributed by atoms with E-state index in [0.29, 0.717) is 48.8 Å². The summed E-state index contributed by atoms with van der Waals surface area (Å²) in [6, 6.07) is 4.48. The summed E-state index contributed by atoms with van der Waals surface area (Å²) in [5, 5.41) is 1.34. The summed E-state index contributed by atoms with van der Waals surface area (Å²) in [6.45, 7) is 15.9. The van der Waals surface area contributed by atoms with Gasteiger partial charge in [-0.1, -0.05) is 11.6 Å². The van der Waals surface area contributed by atoms with E-state index < -0.39 is 23.9 Å². The van der Waals surface area contributed by atoms with E-state index in [1.54, 1.807) is 4.90 Å². The van der Waals surface area contributed by atoms with Crippen LogP contribution in [0.2, 0.25) is 5.02 Å². The Morgan fingerprint density at radius 3 is 2.29 bits per heavy atom. The number of aromatic nitrogens is 2. The maximum atomic E-state index is 12.7. The number of nitrogens with zero attached hydrogens (tertiary/aromatic N) is 5. The average Bonchev–Trinajstić information content (AvgIpc) is 3.43. The van der Waals surface area contributed by atoms with Gasteiger partial charge in [-0.05, 0) is 94.0 Å². The first-order valence-corrected chi connectivity index (χ1v) is 15.4. The number of carbonyl (C=O) groups is 1. The van der Waals surface area contributed by atoms with Crippen LogP contribution in [0.3, 0.4) is 0 Å². The van der Waals surface area contributed by atoms with E-state index in [1.165, 1.54) is 0 Å². The number of carbonyl (C=O) groups excluding carboxylic acids is 1. The van der Waals surface area contributed by atoms with Crippen molar-refractivity contribution in [3.63, 3.8) is 0 Å². The summed E-state index contributed by atoms with van der Waals surface area (Å²) in [6.07, 6.45) is 2.83. The molecular formula is C30H45BClN5O5. The number of hydrogen-bond donors (Lipinski definition) is 0. The number of likely N-dealkylation sites (N-methyl/N-ethyl adjacent to an activating group) is 1. The zero-order chi connectivity index (χ0) is 30.6. The van der Waals surface area contributed by atoms with E-state index in [9.17, 15) is 4.79 Å². The summed E-state index contributed by atoms with van der Waals surface area (Å²) in [5.41, 5.74) is -0.116. The van der Waals surface area contributed by atoms with Crippen molar-refractivity contribution in [2.75, 3.05) is 45.2 Å². The van der Waals surface area contributed by atoms with Gasteiger partial charge < -0.3 is 33.5 Å². The van der Waals surface area contributed by atoms with E-state index in [1.807, 2.05) is 60.6 Å². The van der Waals surface area contributed by atoms with Gasteiger partial charge >= 0.3 is 19.2 Å². The molecule has 1 amide bonds. The predicted molar refractivity (Wildman–Crippen MR) is 166 cm³/mol. The summed E-state index contributed by atoms with van der Waals surface area (Å²) in [7, 11) is 3.55. The SMILES string of the molecule is CN(C)C1CCCC1Oc1nc(N2CCN(C(=O)OC(C)(C)C)CC2)c2cc(Cl)c(B3OC(C)(C)C(C)(C)O3)cc2n1. The smallest absolute Gasteiger partial charge is 0.458 e. The lowest BCUT2D eigenvalue weighted by Gasteiger charge is -2.36. The highest BCUT2D eigenvalue weighted by Crippen LogP contribution is 2.38. The molecule has 12 heteroatoms. The topological polar surface area (TPSA) is 89.5 Å². The first-order chi connectivity index (χ1) is 19.5. The lowest BCUT2D eigenvalue weighted by atomic mass is 9.78. The van der Waals surface area contributed by atoms with Gasteiger partial charge in [0.25, 0.3) is 0 Å². The van der Waals surface area contributed by atoms with Crippen molar-refractivity contribution >= 4 is 47.0 Å². The van der Waals surface area contributed by atoms with Gasteiger partial charge in [-0.3, -0.25) is 0 Å². The van der Waals surface area contributed by atoms with E-state index in [4.69, 9.17) is 40.4 Å². The Morgan fingerprint density at radius 2 is 1.69 bits per heavy atom. The second-order valence-electron chi connectivity index (χ2n) is 13.9. The average molecular weight is 602 g/mol. The maximum Gasteiger partial charge on any atom is 0.496 e. The molecule has 0 radical (unpaired) electrons. The number of ether oxygens (including phenoxy) is 2. The molecular weight excluding hydrogens is 557 g/mol. The Labute approximate surface area is 255 Å². The molecule has 2 aromatic rings. The molecule has 10 nitrogen and oxygen atoms in total. The molecule has 42 heavy (non-hydrogen) atoms. The van der Waals surface area contributed by atoms with E-state index in [-0.39, 0.29) is 12.2 Å². The van der Waals surface area contributed by atoms with Crippen LogP contribution < -0.4 is 15.1 Å². The Balaban J connectivity index is 1.49. The number of benzene rings is 1. The van der Waals surface area contributed by atoms with Gasteiger partial charge in [0.15, 0.2) is 0 Å². The van der Waals surface area contributed by atoms with Gasteiger partial charge in [0.1, 0.15) is 17.5 Å². The molecule has 0 N–H and O–H groups in total. The summed E-state index contributed by atoms with van der Waals surface area (Å²) >= 11 is 6.90. The van der Waals surface area contributed by atoms with Crippen LogP contribution in [-0.4, -0.2) is 102 Å². The molecule has 2 saturated heterocycles. The molecule has 0 spiro atoms. The van der Waals surface area contributed by atoms with Crippen molar-refractivity contribution in [1.82, 2.24) is 19.8 Å². The third-order valence-electron chi connectivity index (χ3n) is 8.85. The highest BCUT2D eigenvalue weighted by atomic mass is 35.5. The first kappa shape index (κ1) is 31.1. The minimum absolute atomic E-state index is 0.00387. The normalized spacial score (nSPS) is 24.1. The quantitative estimate of drug-likeness (QED) is 0.460. The van der Waals surface area contributed by atoms with E-state index >= 15 is 0 Å². The third kappa shape index (κ3) is 6.30. The summed E-state index contributed by atoms with van der Waals surface area (Å²) in [5.74, 6) is 0.737. The monoisotopic (exact) mass is 601 g/mol. The molecule has 2 atom stereocenters.